The Balaban J connectivity index is 2.06. The van der Waals surface area contributed by atoms with Crippen LogP contribution in [0.2, 0.25) is 0 Å². The SMILES string of the molecule is Nc1ccc(NC(=S)Nc2cc(Br)c(N)c(Br)c2)cc1. The maximum atomic E-state index is 5.84. The Bertz CT molecular complexity index is 620. The van der Waals surface area contributed by atoms with E-state index in [4.69, 9.17) is 23.7 Å². The number of hydrogen-bond donors (Lipinski definition) is 4. The van der Waals surface area contributed by atoms with Gasteiger partial charge < -0.3 is 22.1 Å². The number of benzene rings is 2. The van der Waals surface area contributed by atoms with Gasteiger partial charge in [0.2, 0.25) is 0 Å². The van der Waals surface area contributed by atoms with Crippen LogP contribution in [0.3, 0.4) is 0 Å². The molecule has 0 aliphatic rings. The second kappa shape index (κ2) is 6.43. The van der Waals surface area contributed by atoms with Gasteiger partial charge in [-0.3, -0.25) is 0 Å². The molecule has 0 atom stereocenters. The highest BCUT2D eigenvalue weighted by atomic mass is 79.9. The van der Waals surface area contributed by atoms with Crippen molar-refractivity contribution in [3.05, 3.63) is 45.3 Å². The summed E-state index contributed by atoms with van der Waals surface area (Å²) in [6.45, 7) is 0. The van der Waals surface area contributed by atoms with Crippen molar-refractivity contribution in [3.8, 4) is 0 Å². The molecule has 0 radical (unpaired) electrons. The molecule has 0 aromatic heterocycles. The van der Waals surface area contributed by atoms with Crippen LogP contribution >= 0.6 is 44.1 Å². The minimum Gasteiger partial charge on any atom is -0.399 e. The normalized spacial score (nSPS) is 10.1. The molecule has 0 heterocycles. The van der Waals surface area contributed by atoms with Crippen molar-refractivity contribution < 1.29 is 0 Å². The predicted molar refractivity (Wildman–Crippen MR) is 97.0 cm³/mol. The Morgan fingerprint density at radius 1 is 0.900 bits per heavy atom. The zero-order chi connectivity index (χ0) is 14.7. The second-order valence-corrected chi connectivity index (χ2v) is 6.17. The van der Waals surface area contributed by atoms with Crippen LogP contribution in [0.4, 0.5) is 22.7 Å². The highest BCUT2D eigenvalue weighted by Gasteiger charge is 2.05. The molecule has 0 aliphatic carbocycles. The summed E-state index contributed by atoms with van der Waals surface area (Å²) in [7, 11) is 0. The number of nitrogens with two attached hydrogens (primary N) is 2. The fraction of sp³-hybridized carbons (Fsp3) is 0. The van der Waals surface area contributed by atoms with Gasteiger partial charge in [-0.2, -0.15) is 0 Å². The highest BCUT2D eigenvalue weighted by molar-refractivity contribution is 9.11. The van der Waals surface area contributed by atoms with E-state index < -0.39 is 0 Å². The van der Waals surface area contributed by atoms with Crippen molar-refractivity contribution in [2.24, 2.45) is 0 Å². The van der Waals surface area contributed by atoms with Crippen molar-refractivity contribution >= 4 is 71.9 Å². The molecule has 6 N–H and O–H groups in total. The quantitative estimate of drug-likeness (QED) is 0.437. The van der Waals surface area contributed by atoms with E-state index in [0.717, 1.165) is 20.3 Å². The fourth-order valence-electron chi connectivity index (χ4n) is 1.52. The van der Waals surface area contributed by atoms with Gasteiger partial charge in [0.05, 0.1) is 5.69 Å². The van der Waals surface area contributed by atoms with Gasteiger partial charge in [-0.1, -0.05) is 0 Å². The number of rotatable bonds is 2. The minimum atomic E-state index is 0.485. The predicted octanol–water partition coefficient (Wildman–Crippen LogP) is 4.18. The molecule has 0 saturated carbocycles. The summed E-state index contributed by atoms with van der Waals surface area (Å²) in [6, 6.07) is 11.0. The Labute approximate surface area is 139 Å². The van der Waals surface area contributed by atoms with Crippen LogP contribution < -0.4 is 22.1 Å². The third-order valence-corrected chi connectivity index (χ3v) is 4.02. The average Bonchev–Trinajstić information content (AvgIpc) is 2.38. The molecule has 4 nitrogen and oxygen atoms in total. The van der Waals surface area contributed by atoms with E-state index in [-0.39, 0.29) is 0 Å². The number of anilines is 4. The Hall–Kier alpha value is -1.31. The number of nitrogens with one attached hydrogen (secondary N) is 2. The molecule has 104 valence electrons. The van der Waals surface area contributed by atoms with Crippen LogP contribution in [0.15, 0.2) is 45.3 Å². The van der Waals surface area contributed by atoms with E-state index in [1.165, 1.54) is 0 Å². The fourth-order valence-corrected chi connectivity index (χ4v) is 2.94. The van der Waals surface area contributed by atoms with E-state index in [2.05, 4.69) is 42.5 Å². The third-order valence-electron chi connectivity index (χ3n) is 2.51. The first kappa shape index (κ1) is 15.1. The van der Waals surface area contributed by atoms with E-state index in [9.17, 15) is 0 Å². The maximum Gasteiger partial charge on any atom is 0.175 e. The van der Waals surface area contributed by atoms with Crippen LogP contribution in [0.1, 0.15) is 0 Å². The van der Waals surface area contributed by atoms with E-state index in [1.54, 1.807) is 12.1 Å². The second-order valence-electron chi connectivity index (χ2n) is 4.05. The number of thiocarbonyl (C=S) groups is 1. The molecule has 0 unspecified atom stereocenters. The molecule has 2 aromatic rings. The minimum absolute atomic E-state index is 0.485. The van der Waals surface area contributed by atoms with Gasteiger partial charge in [-0.15, -0.1) is 0 Å². The van der Waals surface area contributed by atoms with Gasteiger partial charge in [0, 0.05) is 26.0 Å². The molecule has 7 heteroatoms. The third kappa shape index (κ3) is 3.84. The maximum absolute atomic E-state index is 5.84. The number of hydrogen-bond acceptors (Lipinski definition) is 3. The number of nitrogen functional groups attached to an aromatic ring is 2. The summed E-state index contributed by atoms with van der Waals surface area (Å²) in [5, 5.41) is 6.65. The first-order valence-electron chi connectivity index (χ1n) is 5.64. The van der Waals surface area contributed by atoms with Gasteiger partial charge in [-0.25, -0.2) is 0 Å². The van der Waals surface area contributed by atoms with Crippen LogP contribution in [0.25, 0.3) is 0 Å². The molecule has 0 amide bonds. The Kier molecular flexibility index (Phi) is 4.85. The molecule has 0 saturated heterocycles. The Morgan fingerprint density at radius 2 is 1.40 bits per heavy atom. The largest absolute Gasteiger partial charge is 0.399 e. The first-order valence-corrected chi connectivity index (χ1v) is 7.63. The van der Waals surface area contributed by atoms with Crippen LogP contribution in [0.5, 0.6) is 0 Å². The van der Waals surface area contributed by atoms with Crippen molar-refractivity contribution in [3.63, 3.8) is 0 Å². The van der Waals surface area contributed by atoms with Gasteiger partial charge in [-0.05, 0) is 80.5 Å². The smallest absolute Gasteiger partial charge is 0.175 e. The molecule has 0 aliphatic heterocycles. The average molecular weight is 416 g/mol. The molecule has 20 heavy (non-hydrogen) atoms. The molecule has 0 spiro atoms. The zero-order valence-electron chi connectivity index (χ0n) is 10.3. The monoisotopic (exact) mass is 414 g/mol. The highest BCUT2D eigenvalue weighted by Crippen LogP contribution is 2.31. The zero-order valence-corrected chi connectivity index (χ0v) is 14.3. The van der Waals surface area contributed by atoms with Gasteiger partial charge in [0.1, 0.15) is 0 Å². The van der Waals surface area contributed by atoms with Crippen molar-refractivity contribution in [2.45, 2.75) is 0 Å². The lowest BCUT2D eigenvalue weighted by molar-refractivity contribution is 1.55. The van der Waals surface area contributed by atoms with Gasteiger partial charge >= 0.3 is 0 Å². The summed E-state index contributed by atoms with van der Waals surface area (Å²) in [5.74, 6) is 0. The summed E-state index contributed by atoms with van der Waals surface area (Å²) in [5.41, 5.74) is 14.5. The first-order chi connectivity index (χ1) is 9.45. The molecule has 2 aromatic carbocycles. The summed E-state index contributed by atoms with van der Waals surface area (Å²) >= 11 is 12.0. The molecular formula is C13H12Br2N4S. The Morgan fingerprint density at radius 3 is 1.95 bits per heavy atom. The standard InChI is InChI=1S/C13H12Br2N4S/c14-10-5-9(6-11(15)12(10)17)19-13(20)18-8-3-1-7(16)2-4-8/h1-6H,16-17H2,(H2,18,19,20). The van der Waals surface area contributed by atoms with E-state index >= 15 is 0 Å². The van der Waals surface area contributed by atoms with Crippen LogP contribution in [-0.2, 0) is 0 Å². The molecule has 2 rings (SSSR count). The van der Waals surface area contributed by atoms with Crippen molar-refractivity contribution in [1.29, 1.82) is 0 Å². The number of halogens is 2. The molecular weight excluding hydrogens is 404 g/mol. The summed E-state index contributed by atoms with van der Waals surface area (Å²) < 4.78 is 1.59. The van der Waals surface area contributed by atoms with Crippen LogP contribution in [0, 0.1) is 0 Å². The lowest BCUT2D eigenvalue weighted by Crippen LogP contribution is -2.19. The molecule has 0 fully saturated rings. The lowest BCUT2D eigenvalue weighted by atomic mass is 10.3. The van der Waals surface area contributed by atoms with Crippen LogP contribution in [-0.4, -0.2) is 5.11 Å². The summed E-state index contributed by atoms with van der Waals surface area (Å²) in [4.78, 5) is 0. The van der Waals surface area contributed by atoms with Gasteiger partial charge in [0.15, 0.2) is 5.11 Å². The lowest BCUT2D eigenvalue weighted by Gasteiger charge is -2.12. The van der Waals surface area contributed by atoms with Gasteiger partial charge in [0.25, 0.3) is 0 Å². The van der Waals surface area contributed by atoms with E-state index in [0.29, 0.717) is 16.5 Å². The summed E-state index contributed by atoms with van der Waals surface area (Å²) in [6.07, 6.45) is 0. The van der Waals surface area contributed by atoms with E-state index in [1.807, 2.05) is 24.3 Å². The molecule has 0 bridgehead atoms. The van der Waals surface area contributed by atoms with Crippen molar-refractivity contribution in [2.75, 3.05) is 22.1 Å². The van der Waals surface area contributed by atoms with Crippen molar-refractivity contribution in [1.82, 2.24) is 0 Å². The topological polar surface area (TPSA) is 76.1 Å².